The van der Waals surface area contributed by atoms with Crippen molar-refractivity contribution in [3.05, 3.63) is 29.7 Å². The highest BCUT2D eigenvalue weighted by Crippen LogP contribution is 2.30. The number of methoxy groups -OCH3 is 1. The third-order valence-electron chi connectivity index (χ3n) is 3.18. The molecule has 108 valence electrons. The van der Waals surface area contributed by atoms with Gasteiger partial charge in [0.1, 0.15) is 5.75 Å². The van der Waals surface area contributed by atoms with Crippen molar-refractivity contribution in [2.75, 3.05) is 13.7 Å². The minimum atomic E-state index is -0.349. The Balaban J connectivity index is 2.38. The molecule has 0 aliphatic rings. The number of hydrogen-bond donors (Lipinski definition) is 1. The van der Waals surface area contributed by atoms with Crippen molar-refractivity contribution in [3.8, 4) is 17.1 Å². The van der Waals surface area contributed by atoms with Gasteiger partial charge in [-0.2, -0.15) is 4.98 Å². The van der Waals surface area contributed by atoms with E-state index in [4.69, 9.17) is 9.26 Å². The first-order chi connectivity index (χ1) is 9.47. The lowest BCUT2D eigenvalue weighted by atomic mass is 10.1. The highest BCUT2D eigenvalue weighted by molar-refractivity contribution is 5.64. The normalized spacial score (nSPS) is 11.7. The summed E-state index contributed by atoms with van der Waals surface area (Å²) in [6.07, 6.45) is 0. The summed E-state index contributed by atoms with van der Waals surface area (Å²) in [5.41, 5.74) is 1.61. The lowest BCUT2D eigenvalue weighted by Crippen LogP contribution is -2.36. The molecule has 20 heavy (non-hydrogen) atoms. The number of ether oxygens (including phenoxy) is 1. The van der Waals surface area contributed by atoms with Crippen LogP contribution in [0.1, 0.15) is 32.2 Å². The number of benzene rings is 1. The Labute approximate surface area is 119 Å². The summed E-state index contributed by atoms with van der Waals surface area (Å²) >= 11 is 0. The Morgan fingerprint density at radius 3 is 2.75 bits per heavy atom. The summed E-state index contributed by atoms with van der Waals surface area (Å²) in [7, 11) is 1.64. The van der Waals surface area contributed by atoms with Gasteiger partial charge in [-0.05, 0) is 45.0 Å². The van der Waals surface area contributed by atoms with Gasteiger partial charge >= 0.3 is 0 Å². The van der Waals surface area contributed by atoms with Crippen molar-refractivity contribution in [3.63, 3.8) is 0 Å². The number of aryl methyl sites for hydroxylation is 1. The molecule has 0 atom stereocenters. The maximum Gasteiger partial charge on any atom is 0.246 e. The van der Waals surface area contributed by atoms with Crippen LogP contribution in [0.3, 0.4) is 0 Å². The van der Waals surface area contributed by atoms with Crippen molar-refractivity contribution in [1.82, 2.24) is 15.5 Å². The van der Waals surface area contributed by atoms with Gasteiger partial charge in [0.25, 0.3) is 0 Å². The van der Waals surface area contributed by atoms with Crippen LogP contribution >= 0.6 is 0 Å². The average Bonchev–Trinajstić information content (AvgIpc) is 2.88. The molecule has 0 bridgehead atoms. The quantitative estimate of drug-likeness (QED) is 0.909. The van der Waals surface area contributed by atoms with Crippen LogP contribution in [0.25, 0.3) is 11.4 Å². The molecular formula is C15H21N3O2. The summed E-state index contributed by atoms with van der Waals surface area (Å²) in [6.45, 7) is 8.92. The summed E-state index contributed by atoms with van der Waals surface area (Å²) in [5.74, 6) is 1.86. The van der Waals surface area contributed by atoms with Crippen molar-refractivity contribution < 1.29 is 9.26 Å². The molecule has 0 saturated carbocycles. The van der Waals surface area contributed by atoms with Crippen LogP contribution in [0.15, 0.2) is 22.7 Å². The van der Waals surface area contributed by atoms with Crippen LogP contribution in [0, 0.1) is 6.92 Å². The third-order valence-corrected chi connectivity index (χ3v) is 3.18. The smallest absolute Gasteiger partial charge is 0.246 e. The summed E-state index contributed by atoms with van der Waals surface area (Å²) in [6, 6.07) is 5.91. The van der Waals surface area contributed by atoms with Crippen molar-refractivity contribution in [1.29, 1.82) is 0 Å². The molecule has 0 amide bonds. The topological polar surface area (TPSA) is 60.2 Å². The number of rotatable bonds is 5. The van der Waals surface area contributed by atoms with E-state index in [2.05, 4.69) is 15.5 Å². The Kier molecular flexibility index (Phi) is 4.09. The molecule has 5 nitrogen and oxygen atoms in total. The second-order valence-electron chi connectivity index (χ2n) is 5.28. The highest BCUT2D eigenvalue weighted by atomic mass is 16.5. The first-order valence-electron chi connectivity index (χ1n) is 6.72. The van der Waals surface area contributed by atoms with Crippen LogP contribution in [0.4, 0.5) is 0 Å². The zero-order valence-corrected chi connectivity index (χ0v) is 12.7. The first-order valence-corrected chi connectivity index (χ1v) is 6.72. The zero-order valence-electron chi connectivity index (χ0n) is 12.7. The predicted octanol–water partition coefficient (Wildman–Crippen LogP) is 2.90. The van der Waals surface area contributed by atoms with Gasteiger partial charge in [-0.3, -0.25) is 0 Å². The molecule has 0 aliphatic carbocycles. The van der Waals surface area contributed by atoms with Crippen LogP contribution in [0.2, 0.25) is 0 Å². The Hall–Kier alpha value is -1.88. The largest absolute Gasteiger partial charge is 0.496 e. The van der Waals surface area contributed by atoms with E-state index in [0.717, 1.165) is 23.4 Å². The first kappa shape index (κ1) is 14.5. The van der Waals surface area contributed by atoms with Crippen LogP contribution in [-0.2, 0) is 5.54 Å². The fourth-order valence-corrected chi connectivity index (χ4v) is 2.09. The van der Waals surface area contributed by atoms with Crippen LogP contribution in [-0.4, -0.2) is 23.8 Å². The highest BCUT2D eigenvalue weighted by Gasteiger charge is 2.27. The number of aromatic nitrogens is 2. The van der Waals surface area contributed by atoms with Gasteiger partial charge < -0.3 is 14.6 Å². The van der Waals surface area contributed by atoms with Gasteiger partial charge in [-0.1, -0.05) is 18.1 Å². The number of nitrogens with one attached hydrogen (secondary N) is 1. The lowest BCUT2D eigenvalue weighted by Gasteiger charge is -2.20. The number of hydrogen-bond acceptors (Lipinski definition) is 5. The van der Waals surface area contributed by atoms with E-state index in [0.29, 0.717) is 11.7 Å². The molecule has 1 aromatic heterocycles. The summed E-state index contributed by atoms with van der Waals surface area (Å²) in [4.78, 5) is 4.49. The van der Waals surface area contributed by atoms with Gasteiger partial charge in [-0.15, -0.1) is 0 Å². The monoisotopic (exact) mass is 275 g/mol. The fraction of sp³-hybridized carbons (Fsp3) is 0.467. The third kappa shape index (κ3) is 2.82. The van der Waals surface area contributed by atoms with Gasteiger partial charge in [0.05, 0.1) is 18.2 Å². The second kappa shape index (κ2) is 5.63. The molecular weight excluding hydrogens is 254 g/mol. The summed E-state index contributed by atoms with van der Waals surface area (Å²) in [5, 5.41) is 7.38. The molecule has 1 aromatic carbocycles. The van der Waals surface area contributed by atoms with Gasteiger partial charge in [-0.25, -0.2) is 0 Å². The molecule has 0 radical (unpaired) electrons. The minimum absolute atomic E-state index is 0.349. The van der Waals surface area contributed by atoms with Crippen LogP contribution in [0.5, 0.6) is 5.75 Å². The average molecular weight is 275 g/mol. The molecule has 0 fully saturated rings. The van der Waals surface area contributed by atoms with E-state index in [1.54, 1.807) is 7.11 Å². The van der Waals surface area contributed by atoms with Crippen molar-refractivity contribution in [2.24, 2.45) is 0 Å². The van der Waals surface area contributed by atoms with E-state index >= 15 is 0 Å². The molecule has 0 saturated heterocycles. The van der Waals surface area contributed by atoms with E-state index in [1.165, 1.54) is 0 Å². The van der Waals surface area contributed by atoms with E-state index in [1.807, 2.05) is 45.9 Å². The van der Waals surface area contributed by atoms with Gasteiger partial charge in [0.15, 0.2) is 0 Å². The molecule has 2 aromatic rings. The SMILES string of the molecule is CCNC(C)(C)c1nc(-c2ccc(C)cc2OC)no1. The lowest BCUT2D eigenvalue weighted by molar-refractivity contribution is 0.272. The minimum Gasteiger partial charge on any atom is -0.496 e. The second-order valence-corrected chi connectivity index (χ2v) is 5.28. The molecule has 1 N–H and O–H groups in total. The molecule has 1 heterocycles. The predicted molar refractivity (Wildman–Crippen MR) is 77.7 cm³/mol. The van der Waals surface area contributed by atoms with Crippen LogP contribution < -0.4 is 10.1 Å². The maximum atomic E-state index is 5.39. The molecule has 2 rings (SSSR count). The summed E-state index contributed by atoms with van der Waals surface area (Å²) < 4.78 is 10.8. The number of nitrogens with zero attached hydrogens (tertiary/aromatic N) is 2. The van der Waals surface area contributed by atoms with Gasteiger partial charge in [0, 0.05) is 0 Å². The maximum absolute atomic E-state index is 5.39. The van der Waals surface area contributed by atoms with Gasteiger partial charge in [0.2, 0.25) is 11.7 Å². The van der Waals surface area contributed by atoms with E-state index < -0.39 is 0 Å². The van der Waals surface area contributed by atoms with E-state index in [9.17, 15) is 0 Å². The molecule has 0 aliphatic heterocycles. The Morgan fingerprint density at radius 2 is 2.10 bits per heavy atom. The zero-order chi connectivity index (χ0) is 14.8. The molecule has 0 unspecified atom stereocenters. The van der Waals surface area contributed by atoms with E-state index in [-0.39, 0.29) is 5.54 Å². The van der Waals surface area contributed by atoms with Crippen molar-refractivity contribution in [2.45, 2.75) is 33.2 Å². The molecule has 5 heteroatoms. The Morgan fingerprint density at radius 1 is 1.35 bits per heavy atom. The van der Waals surface area contributed by atoms with Crippen molar-refractivity contribution >= 4 is 0 Å². The standard InChI is InChI=1S/C15H21N3O2/c1-6-16-15(3,4)14-17-13(18-20-14)11-8-7-10(2)9-12(11)19-5/h7-9,16H,6H2,1-5H3. The fourth-order valence-electron chi connectivity index (χ4n) is 2.09. The Bertz CT molecular complexity index is 591. The molecule has 0 spiro atoms.